The predicted octanol–water partition coefficient (Wildman–Crippen LogP) is 3.46. The van der Waals surface area contributed by atoms with Crippen LogP contribution in [0.4, 0.5) is 11.4 Å². The summed E-state index contributed by atoms with van der Waals surface area (Å²) in [6.45, 7) is 5.52. The van der Waals surface area contributed by atoms with Gasteiger partial charge in [0.15, 0.2) is 0 Å². The maximum atomic E-state index is 13.1. The quantitative estimate of drug-likeness (QED) is 0.300. The second-order valence-electron chi connectivity index (χ2n) is 9.38. The van der Waals surface area contributed by atoms with Crippen molar-refractivity contribution in [1.29, 1.82) is 0 Å². The van der Waals surface area contributed by atoms with Gasteiger partial charge in [0, 0.05) is 57.0 Å². The Bertz CT molecular complexity index is 1400. The van der Waals surface area contributed by atoms with Crippen LogP contribution in [0.5, 0.6) is 0 Å². The highest BCUT2D eigenvalue weighted by Crippen LogP contribution is 2.27. The molecule has 9 nitrogen and oxygen atoms in total. The zero-order chi connectivity index (χ0) is 26.3. The number of aromatic nitrogens is 3. The number of nitrogens with one attached hydrogen (secondary N) is 2. The Labute approximate surface area is 222 Å². The molecule has 0 spiro atoms. The average molecular weight is 515 g/mol. The van der Waals surface area contributed by atoms with Crippen molar-refractivity contribution in [1.82, 2.24) is 19.7 Å². The number of anilines is 2. The minimum absolute atomic E-state index is 0.0437. The summed E-state index contributed by atoms with van der Waals surface area (Å²) in [7, 11) is 1.85. The number of H-pyrrole nitrogens is 1. The van der Waals surface area contributed by atoms with E-state index in [9.17, 15) is 9.90 Å². The minimum Gasteiger partial charge on any atom is -0.395 e. The molecule has 0 bridgehead atoms. The fraction of sp³-hybridized carbons (Fsp3) is 0.310. The van der Waals surface area contributed by atoms with E-state index in [2.05, 4.69) is 25.3 Å². The molecule has 5 rings (SSSR count). The third-order valence-corrected chi connectivity index (χ3v) is 6.91. The van der Waals surface area contributed by atoms with Crippen molar-refractivity contribution in [3.63, 3.8) is 0 Å². The molecule has 1 saturated heterocycles. The molecule has 3 heterocycles. The van der Waals surface area contributed by atoms with E-state index in [0.717, 1.165) is 67.2 Å². The summed E-state index contributed by atoms with van der Waals surface area (Å²) >= 11 is 0. The van der Waals surface area contributed by atoms with Crippen molar-refractivity contribution in [2.45, 2.75) is 0 Å². The molecule has 2 aromatic carbocycles. The maximum Gasteiger partial charge on any atom is 0.272 e. The Balaban J connectivity index is 1.43. The molecule has 9 heteroatoms. The highest BCUT2D eigenvalue weighted by molar-refractivity contribution is 6.05. The van der Waals surface area contributed by atoms with Crippen molar-refractivity contribution in [3.05, 3.63) is 77.7 Å². The van der Waals surface area contributed by atoms with Crippen LogP contribution in [0.3, 0.4) is 0 Å². The number of aryl methyl sites for hydroxylation is 1. The molecule has 198 valence electrons. The van der Waals surface area contributed by atoms with Gasteiger partial charge in [-0.05, 0) is 42.0 Å². The van der Waals surface area contributed by atoms with Gasteiger partial charge in [-0.25, -0.2) is 0 Å². The molecule has 0 atom stereocenters. The van der Waals surface area contributed by atoms with Crippen LogP contribution in [0, 0.1) is 0 Å². The van der Waals surface area contributed by atoms with Crippen molar-refractivity contribution < 1.29 is 14.6 Å². The van der Waals surface area contributed by atoms with Crippen LogP contribution >= 0.6 is 0 Å². The molecule has 2 aromatic heterocycles. The summed E-state index contributed by atoms with van der Waals surface area (Å²) in [6.07, 6.45) is 5.77. The number of aromatic amines is 1. The molecule has 1 aliphatic rings. The largest absolute Gasteiger partial charge is 0.395 e. The van der Waals surface area contributed by atoms with E-state index in [1.54, 1.807) is 10.6 Å². The molecule has 1 amide bonds. The highest BCUT2D eigenvalue weighted by atomic mass is 16.5. The van der Waals surface area contributed by atoms with Gasteiger partial charge in [-0.15, -0.1) is 0 Å². The van der Waals surface area contributed by atoms with Crippen LogP contribution < -0.4 is 10.2 Å². The van der Waals surface area contributed by atoms with Gasteiger partial charge in [0.1, 0.15) is 5.69 Å². The third-order valence-electron chi connectivity index (χ3n) is 6.91. The fourth-order valence-corrected chi connectivity index (χ4v) is 4.74. The number of hydrogen-bond donors (Lipinski definition) is 3. The number of carbonyl (C=O) groups is 1. The van der Waals surface area contributed by atoms with Crippen molar-refractivity contribution in [2.24, 2.45) is 7.05 Å². The number of aliphatic hydroxyl groups is 1. The highest BCUT2D eigenvalue weighted by Gasteiger charge is 2.16. The van der Waals surface area contributed by atoms with Gasteiger partial charge in [-0.3, -0.25) is 14.8 Å². The molecule has 0 saturated carbocycles. The molecule has 0 radical (unpaired) electrons. The van der Waals surface area contributed by atoms with E-state index in [0.29, 0.717) is 17.9 Å². The van der Waals surface area contributed by atoms with E-state index in [-0.39, 0.29) is 12.5 Å². The van der Waals surface area contributed by atoms with Gasteiger partial charge in [0.25, 0.3) is 5.91 Å². The molecule has 4 aromatic rings. The van der Waals surface area contributed by atoms with Crippen LogP contribution in [-0.2, 0) is 11.8 Å². The fourth-order valence-electron chi connectivity index (χ4n) is 4.74. The second-order valence-corrected chi connectivity index (χ2v) is 9.38. The monoisotopic (exact) mass is 514 g/mol. The SMILES string of the molecule is Cn1cccc1C(=O)Nc1cc(N(CCO)CCN2CCOCC2)ccc1/C=C/c1n[nH]c2ccccc12. The maximum absolute atomic E-state index is 13.1. The van der Waals surface area contributed by atoms with Crippen molar-refractivity contribution in [2.75, 3.05) is 62.8 Å². The predicted molar refractivity (Wildman–Crippen MR) is 151 cm³/mol. The lowest BCUT2D eigenvalue weighted by Gasteiger charge is -2.31. The Hall–Kier alpha value is -3.92. The topological polar surface area (TPSA) is 98.7 Å². The van der Waals surface area contributed by atoms with Crippen molar-refractivity contribution >= 4 is 40.3 Å². The number of para-hydroxylation sites is 1. The molecular formula is C29H34N6O3. The summed E-state index contributed by atoms with van der Waals surface area (Å²) in [5.74, 6) is -0.184. The lowest BCUT2D eigenvalue weighted by molar-refractivity contribution is 0.0391. The van der Waals surface area contributed by atoms with Gasteiger partial charge in [-0.2, -0.15) is 5.10 Å². The second kappa shape index (κ2) is 12.1. The molecule has 0 aliphatic carbocycles. The van der Waals surface area contributed by atoms with E-state index >= 15 is 0 Å². The lowest BCUT2D eigenvalue weighted by atomic mass is 10.1. The number of rotatable bonds is 10. The standard InChI is InChI=1S/C29H34N6O3/c1-33-12-4-7-28(33)29(37)30-27-21-23(35(15-18-36)14-13-34-16-19-38-20-17-34)10-8-22(27)9-11-26-24-5-2-3-6-25(24)31-32-26/h2-12,21,36H,13-20H2,1H3,(H,30,37)(H,31,32)/b11-9+. The van der Waals surface area contributed by atoms with Crippen LogP contribution in [0.1, 0.15) is 21.7 Å². The molecular weight excluding hydrogens is 480 g/mol. The zero-order valence-electron chi connectivity index (χ0n) is 21.6. The van der Waals surface area contributed by atoms with Crippen LogP contribution in [0.2, 0.25) is 0 Å². The van der Waals surface area contributed by atoms with Crippen LogP contribution in [-0.4, -0.2) is 83.2 Å². The first kappa shape index (κ1) is 25.7. The Kier molecular flexibility index (Phi) is 8.18. The third kappa shape index (κ3) is 5.96. The number of benzene rings is 2. The molecule has 38 heavy (non-hydrogen) atoms. The minimum atomic E-state index is -0.184. The van der Waals surface area contributed by atoms with Gasteiger partial charge in [0.2, 0.25) is 0 Å². The van der Waals surface area contributed by atoms with Gasteiger partial charge >= 0.3 is 0 Å². The summed E-state index contributed by atoms with van der Waals surface area (Å²) in [5.41, 5.74) is 4.87. The number of fused-ring (bicyclic) bond motifs is 1. The summed E-state index contributed by atoms with van der Waals surface area (Å²) in [5, 5.41) is 21.4. The first-order valence-corrected chi connectivity index (χ1v) is 13.0. The summed E-state index contributed by atoms with van der Waals surface area (Å²) in [6, 6.07) is 17.7. The van der Waals surface area contributed by atoms with E-state index in [1.807, 2.05) is 73.9 Å². The lowest BCUT2D eigenvalue weighted by Crippen LogP contribution is -2.42. The zero-order valence-corrected chi connectivity index (χ0v) is 21.6. The molecule has 1 fully saturated rings. The normalized spacial score (nSPS) is 14.4. The molecule has 0 unspecified atom stereocenters. The van der Waals surface area contributed by atoms with Crippen LogP contribution in [0.15, 0.2) is 60.8 Å². The van der Waals surface area contributed by atoms with Crippen molar-refractivity contribution in [3.8, 4) is 0 Å². The molecule has 1 aliphatic heterocycles. The van der Waals surface area contributed by atoms with Gasteiger partial charge < -0.3 is 24.6 Å². The van der Waals surface area contributed by atoms with E-state index < -0.39 is 0 Å². The first-order chi connectivity index (χ1) is 18.6. The summed E-state index contributed by atoms with van der Waals surface area (Å²) in [4.78, 5) is 17.7. The summed E-state index contributed by atoms with van der Waals surface area (Å²) < 4.78 is 7.26. The number of nitrogens with zero attached hydrogens (tertiary/aromatic N) is 4. The Morgan fingerprint density at radius 3 is 2.76 bits per heavy atom. The van der Waals surface area contributed by atoms with E-state index in [4.69, 9.17) is 4.74 Å². The number of ether oxygens (including phenoxy) is 1. The molecule has 3 N–H and O–H groups in total. The number of amides is 1. The van der Waals surface area contributed by atoms with Gasteiger partial charge in [-0.1, -0.05) is 30.3 Å². The number of carbonyl (C=O) groups excluding carboxylic acids is 1. The van der Waals surface area contributed by atoms with Gasteiger partial charge in [0.05, 0.1) is 36.7 Å². The van der Waals surface area contributed by atoms with E-state index in [1.165, 1.54) is 0 Å². The number of aliphatic hydroxyl groups excluding tert-OH is 1. The number of morpholine rings is 1. The Morgan fingerprint density at radius 2 is 1.97 bits per heavy atom. The Morgan fingerprint density at radius 1 is 1.13 bits per heavy atom. The first-order valence-electron chi connectivity index (χ1n) is 13.0. The average Bonchev–Trinajstić information content (AvgIpc) is 3.57. The van der Waals surface area contributed by atoms with Crippen LogP contribution in [0.25, 0.3) is 23.1 Å². The smallest absolute Gasteiger partial charge is 0.272 e. The number of hydrogen-bond acceptors (Lipinski definition) is 6.